The van der Waals surface area contributed by atoms with E-state index < -0.39 is 5.41 Å². The molecule has 3 N–H and O–H groups in total. The fourth-order valence-electron chi connectivity index (χ4n) is 5.25. The number of ether oxygens (including phenoxy) is 2. The lowest BCUT2D eigenvalue weighted by Crippen LogP contribution is -2.42. The monoisotopic (exact) mass is 524 g/mol. The minimum absolute atomic E-state index is 0.0854. The van der Waals surface area contributed by atoms with Gasteiger partial charge in [0.2, 0.25) is 18.6 Å². The van der Waals surface area contributed by atoms with Gasteiger partial charge in [-0.05, 0) is 67.6 Å². The van der Waals surface area contributed by atoms with Crippen molar-refractivity contribution >= 4 is 39.9 Å². The Labute approximate surface area is 217 Å². The Bertz CT molecular complexity index is 1340. The second-order valence-corrected chi connectivity index (χ2v) is 10.9. The van der Waals surface area contributed by atoms with Crippen molar-refractivity contribution < 1.29 is 19.1 Å². The zero-order valence-corrected chi connectivity index (χ0v) is 21.0. The lowest BCUT2D eigenvalue weighted by atomic mass is 9.94. The third-order valence-corrected chi connectivity index (χ3v) is 8.44. The van der Waals surface area contributed by atoms with E-state index in [1.807, 2.05) is 42.5 Å². The highest BCUT2D eigenvalue weighted by Gasteiger charge is 2.52. The SMILES string of the molecule is NC(=O)[C@@H]1CCCN1C(c1cccc(Cl)c1)c1cnc(NC(=O)C2(c3ccc4c(c3)OCO4)CC2)s1. The summed E-state index contributed by atoms with van der Waals surface area (Å²) in [4.78, 5) is 33.1. The van der Waals surface area contributed by atoms with Crippen LogP contribution in [0.15, 0.2) is 48.7 Å². The van der Waals surface area contributed by atoms with Gasteiger partial charge in [-0.3, -0.25) is 14.5 Å². The second-order valence-electron chi connectivity index (χ2n) is 9.43. The molecule has 1 unspecified atom stereocenters. The van der Waals surface area contributed by atoms with Gasteiger partial charge in [-0.1, -0.05) is 41.1 Å². The maximum absolute atomic E-state index is 13.4. The second kappa shape index (κ2) is 9.06. The minimum Gasteiger partial charge on any atom is -0.454 e. The average Bonchev–Trinajstić information content (AvgIpc) is 3.19. The number of aromatic nitrogens is 1. The maximum atomic E-state index is 13.4. The Kier molecular flexibility index (Phi) is 5.86. The van der Waals surface area contributed by atoms with E-state index in [4.69, 9.17) is 26.8 Å². The van der Waals surface area contributed by atoms with E-state index in [0.717, 1.165) is 41.8 Å². The van der Waals surface area contributed by atoms with Crippen LogP contribution in [-0.4, -0.2) is 41.1 Å². The number of fused-ring (bicyclic) bond motifs is 1. The Hall–Kier alpha value is -3.14. The number of thiazole rings is 1. The lowest BCUT2D eigenvalue weighted by molar-refractivity contribution is -0.122. The molecule has 2 atom stereocenters. The first kappa shape index (κ1) is 23.3. The molecule has 8 nitrogen and oxygen atoms in total. The number of benzene rings is 2. The molecule has 6 rings (SSSR count). The molecule has 2 aliphatic heterocycles. The van der Waals surface area contributed by atoms with Gasteiger partial charge in [0.05, 0.1) is 17.5 Å². The van der Waals surface area contributed by atoms with Gasteiger partial charge in [0.1, 0.15) is 0 Å². The van der Waals surface area contributed by atoms with Gasteiger partial charge < -0.3 is 20.5 Å². The van der Waals surface area contributed by atoms with Crippen molar-refractivity contribution in [2.24, 2.45) is 5.73 Å². The van der Waals surface area contributed by atoms with Crippen molar-refractivity contribution in [1.82, 2.24) is 9.88 Å². The summed E-state index contributed by atoms with van der Waals surface area (Å²) in [6.07, 6.45) is 4.88. The Morgan fingerprint density at radius 2 is 2.03 bits per heavy atom. The number of nitrogens with zero attached hydrogens (tertiary/aromatic N) is 2. The lowest BCUT2D eigenvalue weighted by Gasteiger charge is -2.31. The molecule has 0 radical (unpaired) electrons. The van der Waals surface area contributed by atoms with Crippen LogP contribution in [0.5, 0.6) is 11.5 Å². The van der Waals surface area contributed by atoms with Crippen LogP contribution in [0.4, 0.5) is 5.13 Å². The number of likely N-dealkylation sites (tertiary alicyclic amines) is 1. The van der Waals surface area contributed by atoms with E-state index in [1.165, 1.54) is 11.3 Å². The number of hydrogen-bond donors (Lipinski definition) is 2. The van der Waals surface area contributed by atoms with Crippen LogP contribution < -0.4 is 20.5 Å². The van der Waals surface area contributed by atoms with Gasteiger partial charge in [0.15, 0.2) is 16.6 Å². The van der Waals surface area contributed by atoms with E-state index in [1.54, 1.807) is 6.20 Å². The number of amides is 2. The predicted molar refractivity (Wildman–Crippen MR) is 136 cm³/mol. The molecular weight excluding hydrogens is 500 g/mol. The first-order valence-electron chi connectivity index (χ1n) is 11.9. The zero-order chi connectivity index (χ0) is 24.9. The number of hydrogen-bond acceptors (Lipinski definition) is 7. The standard InChI is InChI=1S/C26H25ClN4O4S/c27-17-4-1-3-15(11-17)22(31-10-2-5-18(31)23(28)32)21-13-29-25(36-21)30-24(33)26(8-9-26)16-6-7-19-20(12-16)35-14-34-19/h1,3-4,6-7,11-13,18,22H,2,5,8-10,14H2,(H2,28,32)(H,29,30,33)/t18-,22?/m0/s1. The van der Waals surface area contributed by atoms with E-state index in [-0.39, 0.29) is 30.7 Å². The molecule has 36 heavy (non-hydrogen) atoms. The van der Waals surface area contributed by atoms with Crippen molar-refractivity contribution in [2.75, 3.05) is 18.7 Å². The molecule has 3 heterocycles. The van der Waals surface area contributed by atoms with Gasteiger partial charge in [-0.15, -0.1) is 0 Å². The highest BCUT2D eigenvalue weighted by Crippen LogP contribution is 2.51. The molecule has 1 aromatic heterocycles. The van der Waals surface area contributed by atoms with E-state index >= 15 is 0 Å². The Balaban J connectivity index is 1.27. The van der Waals surface area contributed by atoms with Gasteiger partial charge >= 0.3 is 0 Å². The van der Waals surface area contributed by atoms with Gasteiger partial charge in [0.25, 0.3) is 0 Å². The van der Waals surface area contributed by atoms with Crippen molar-refractivity contribution in [3.63, 3.8) is 0 Å². The predicted octanol–water partition coefficient (Wildman–Crippen LogP) is 4.23. The number of nitrogens with two attached hydrogens (primary N) is 1. The summed E-state index contributed by atoms with van der Waals surface area (Å²) in [5.74, 6) is 0.944. The fourth-order valence-corrected chi connectivity index (χ4v) is 6.41. The van der Waals surface area contributed by atoms with Crippen LogP contribution in [-0.2, 0) is 15.0 Å². The first-order valence-corrected chi connectivity index (χ1v) is 13.1. The summed E-state index contributed by atoms with van der Waals surface area (Å²) >= 11 is 7.72. The summed E-state index contributed by atoms with van der Waals surface area (Å²) in [7, 11) is 0. The average molecular weight is 525 g/mol. The Morgan fingerprint density at radius 3 is 2.81 bits per heavy atom. The summed E-state index contributed by atoms with van der Waals surface area (Å²) in [6.45, 7) is 0.929. The van der Waals surface area contributed by atoms with Crippen LogP contribution in [0.2, 0.25) is 5.02 Å². The number of carbonyl (C=O) groups is 2. The molecule has 10 heteroatoms. The third kappa shape index (κ3) is 4.11. The normalized spacial score (nSPS) is 20.8. The highest BCUT2D eigenvalue weighted by atomic mass is 35.5. The molecule has 2 aromatic carbocycles. The molecule has 1 saturated carbocycles. The molecule has 2 amide bonds. The summed E-state index contributed by atoms with van der Waals surface area (Å²) in [5.41, 5.74) is 7.01. The summed E-state index contributed by atoms with van der Waals surface area (Å²) in [5, 5.41) is 4.17. The van der Waals surface area contributed by atoms with Crippen molar-refractivity contribution in [2.45, 2.75) is 43.2 Å². The van der Waals surface area contributed by atoms with Crippen molar-refractivity contribution in [1.29, 1.82) is 0 Å². The first-order chi connectivity index (χ1) is 17.4. The van der Waals surface area contributed by atoms with Gasteiger partial charge in [-0.2, -0.15) is 0 Å². The maximum Gasteiger partial charge on any atom is 0.236 e. The van der Waals surface area contributed by atoms with Crippen LogP contribution in [0, 0.1) is 0 Å². The number of primary amides is 1. The number of nitrogens with one attached hydrogen (secondary N) is 1. The molecule has 186 valence electrons. The van der Waals surface area contributed by atoms with E-state index in [0.29, 0.717) is 28.1 Å². The van der Waals surface area contributed by atoms with E-state index in [2.05, 4.69) is 15.2 Å². The summed E-state index contributed by atoms with van der Waals surface area (Å²) in [6, 6.07) is 12.7. The van der Waals surface area contributed by atoms with Crippen molar-refractivity contribution in [3.05, 3.63) is 69.7 Å². The molecular formula is C26H25ClN4O4S. The van der Waals surface area contributed by atoms with Crippen LogP contribution in [0.3, 0.4) is 0 Å². The highest BCUT2D eigenvalue weighted by molar-refractivity contribution is 7.15. The number of carbonyl (C=O) groups excluding carboxylic acids is 2. The van der Waals surface area contributed by atoms with E-state index in [9.17, 15) is 9.59 Å². The number of rotatable bonds is 7. The van der Waals surface area contributed by atoms with Crippen LogP contribution in [0.1, 0.15) is 47.7 Å². The minimum atomic E-state index is -0.592. The summed E-state index contributed by atoms with van der Waals surface area (Å²) < 4.78 is 10.9. The molecule has 1 saturated heterocycles. The molecule has 0 spiro atoms. The number of anilines is 1. The topological polar surface area (TPSA) is 107 Å². The Morgan fingerprint density at radius 1 is 1.19 bits per heavy atom. The van der Waals surface area contributed by atoms with Gasteiger partial charge in [-0.25, -0.2) is 4.98 Å². The van der Waals surface area contributed by atoms with Crippen LogP contribution >= 0.6 is 22.9 Å². The molecule has 1 aliphatic carbocycles. The smallest absolute Gasteiger partial charge is 0.236 e. The van der Waals surface area contributed by atoms with Gasteiger partial charge in [0, 0.05) is 16.1 Å². The largest absolute Gasteiger partial charge is 0.454 e. The zero-order valence-electron chi connectivity index (χ0n) is 19.4. The molecule has 0 bridgehead atoms. The molecule has 3 aliphatic rings. The number of halogens is 1. The molecule has 3 aromatic rings. The quantitative estimate of drug-likeness (QED) is 0.479. The van der Waals surface area contributed by atoms with Crippen LogP contribution in [0.25, 0.3) is 0 Å². The fraction of sp³-hybridized carbons (Fsp3) is 0.346. The third-order valence-electron chi connectivity index (χ3n) is 7.24. The molecule has 2 fully saturated rings. The van der Waals surface area contributed by atoms with Crippen molar-refractivity contribution in [3.8, 4) is 11.5 Å².